The van der Waals surface area contributed by atoms with Gasteiger partial charge >= 0.3 is 0 Å². The third-order valence-electron chi connectivity index (χ3n) is 4.13. The largest absolute Gasteiger partial charge is 0.376 e. The summed E-state index contributed by atoms with van der Waals surface area (Å²) < 4.78 is 5.86. The van der Waals surface area contributed by atoms with Gasteiger partial charge in [-0.2, -0.15) is 0 Å². The number of allylic oxidation sites excluding steroid dienone is 2. The van der Waals surface area contributed by atoms with Gasteiger partial charge in [-0.05, 0) is 24.5 Å². The molecule has 3 rings (SSSR count). The SMILES string of the molecule is C=C1C[C@@]2(COCc3ccccc3)C=CC(=O)[C@@H]1C2. The maximum Gasteiger partial charge on any atom is 0.162 e. The van der Waals surface area contributed by atoms with Crippen LogP contribution in [0.15, 0.2) is 54.6 Å². The Kier molecular flexibility index (Phi) is 3.11. The quantitative estimate of drug-likeness (QED) is 0.771. The Hall–Kier alpha value is -1.67. The zero-order chi connectivity index (χ0) is 13.3. The molecular formula is C17H18O2. The maximum atomic E-state index is 11.7. The van der Waals surface area contributed by atoms with Gasteiger partial charge < -0.3 is 4.74 Å². The van der Waals surface area contributed by atoms with Crippen LogP contribution in [0.5, 0.6) is 0 Å². The number of ether oxygens (including phenoxy) is 1. The van der Waals surface area contributed by atoms with Gasteiger partial charge in [0.05, 0.1) is 13.2 Å². The predicted octanol–water partition coefficient (Wildman–Crippen LogP) is 3.29. The summed E-state index contributed by atoms with van der Waals surface area (Å²) in [6, 6.07) is 10.2. The molecule has 0 unspecified atom stereocenters. The van der Waals surface area contributed by atoms with Crippen LogP contribution in [-0.2, 0) is 16.1 Å². The standard InChI is InChI=1S/C17H18O2/c1-13-9-17(8-7-16(18)15(13)10-17)12-19-11-14-5-3-2-4-6-14/h2-8,15H,1,9-12H2/t15-,17+/m1/s1. The second-order valence-corrected chi connectivity index (χ2v) is 5.67. The van der Waals surface area contributed by atoms with Gasteiger partial charge in [0.25, 0.3) is 0 Å². The molecule has 2 aliphatic rings. The molecule has 98 valence electrons. The van der Waals surface area contributed by atoms with E-state index in [1.807, 2.05) is 24.3 Å². The van der Waals surface area contributed by atoms with Crippen LogP contribution in [0.25, 0.3) is 0 Å². The van der Waals surface area contributed by atoms with Crippen LogP contribution in [-0.4, -0.2) is 12.4 Å². The fraction of sp³-hybridized carbons (Fsp3) is 0.353. The third-order valence-corrected chi connectivity index (χ3v) is 4.13. The lowest BCUT2D eigenvalue weighted by atomic mass is 9.81. The fourth-order valence-corrected chi connectivity index (χ4v) is 3.11. The minimum atomic E-state index is 0.00441. The van der Waals surface area contributed by atoms with Crippen LogP contribution in [0.3, 0.4) is 0 Å². The minimum Gasteiger partial charge on any atom is -0.376 e. The first-order valence-corrected chi connectivity index (χ1v) is 6.71. The molecule has 0 aromatic heterocycles. The normalized spacial score (nSPS) is 28.9. The average Bonchev–Trinajstić information content (AvgIpc) is 2.70. The molecular weight excluding hydrogens is 236 g/mol. The van der Waals surface area contributed by atoms with Crippen molar-refractivity contribution in [3.8, 4) is 0 Å². The summed E-state index contributed by atoms with van der Waals surface area (Å²) in [5.74, 6) is 0.242. The molecule has 0 spiro atoms. The molecule has 0 N–H and O–H groups in total. The average molecular weight is 254 g/mol. The number of hydrogen-bond acceptors (Lipinski definition) is 2. The highest BCUT2D eigenvalue weighted by Crippen LogP contribution is 2.49. The van der Waals surface area contributed by atoms with Crippen LogP contribution in [0.1, 0.15) is 18.4 Å². The van der Waals surface area contributed by atoms with Crippen molar-refractivity contribution in [1.29, 1.82) is 0 Å². The summed E-state index contributed by atoms with van der Waals surface area (Å²) in [6.45, 7) is 5.34. The smallest absolute Gasteiger partial charge is 0.162 e. The van der Waals surface area contributed by atoms with Crippen LogP contribution < -0.4 is 0 Å². The van der Waals surface area contributed by atoms with Crippen molar-refractivity contribution < 1.29 is 9.53 Å². The van der Waals surface area contributed by atoms with E-state index in [0.717, 1.165) is 18.4 Å². The third kappa shape index (κ3) is 2.41. The van der Waals surface area contributed by atoms with Gasteiger partial charge in [0.1, 0.15) is 0 Å². The number of hydrogen-bond donors (Lipinski definition) is 0. The van der Waals surface area contributed by atoms with Gasteiger partial charge in [-0.3, -0.25) is 4.79 Å². The van der Waals surface area contributed by atoms with Crippen molar-refractivity contribution in [2.45, 2.75) is 19.4 Å². The van der Waals surface area contributed by atoms with Gasteiger partial charge in [-0.15, -0.1) is 0 Å². The number of ketones is 1. The van der Waals surface area contributed by atoms with Crippen molar-refractivity contribution in [3.63, 3.8) is 0 Å². The molecule has 2 bridgehead atoms. The molecule has 2 atom stereocenters. The molecule has 0 aliphatic heterocycles. The van der Waals surface area contributed by atoms with E-state index in [4.69, 9.17) is 4.74 Å². The first-order chi connectivity index (χ1) is 9.19. The second kappa shape index (κ2) is 4.78. The molecule has 1 fully saturated rings. The molecule has 0 radical (unpaired) electrons. The van der Waals surface area contributed by atoms with Crippen LogP contribution in [0.4, 0.5) is 0 Å². The molecule has 1 saturated carbocycles. The first-order valence-electron chi connectivity index (χ1n) is 6.71. The van der Waals surface area contributed by atoms with Gasteiger partial charge in [0, 0.05) is 11.3 Å². The van der Waals surface area contributed by atoms with Crippen molar-refractivity contribution >= 4 is 5.78 Å². The summed E-state index contributed by atoms with van der Waals surface area (Å²) >= 11 is 0. The van der Waals surface area contributed by atoms with E-state index < -0.39 is 0 Å². The zero-order valence-electron chi connectivity index (χ0n) is 11.0. The molecule has 1 aromatic rings. The van der Waals surface area contributed by atoms with Crippen molar-refractivity contribution in [3.05, 3.63) is 60.2 Å². The maximum absolute atomic E-state index is 11.7. The summed E-state index contributed by atoms with van der Waals surface area (Å²) in [7, 11) is 0. The van der Waals surface area contributed by atoms with Gasteiger partial charge in [0.2, 0.25) is 0 Å². The molecule has 0 heterocycles. The number of benzene rings is 1. The Balaban J connectivity index is 1.63. The highest BCUT2D eigenvalue weighted by molar-refractivity contribution is 5.95. The Bertz CT molecular complexity index is 529. The van der Waals surface area contributed by atoms with E-state index in [-0.39, 0.29) is 17.1 Å². The molecule has 2 aliphatic carbocycles. The Morgan fingerprint density at radius 3 is 2.89 bits per heavy atom. The van der Waals surface area contributed by atoms with Crippen LogP contribution in [0, 0.1) is 11.3 Å². The fourth-order valence-electron chi connectivity index (χ4n) is 3.11. The lowest BCUT2D eigenvalue weighted by Gasteiger charge is -2.27. The molecule has 2 nitrogen and oxygen atoms in total. The lowest BCUT2D eigenvalue weighted by molar-refractivity contribution is -0.118. The van der Waals surface area contributed by atoms with Crippen molar-refractivity contribution in [1.82, 2.24) is 0 Å². The summed E-state index contributed by atoms with van der Waals surface area (Å²) in [6.07, 6.45) is 5.51. The van der Waals surface area contributed by atoms with E-state index in [1.54, 1.807) is 6.08 Å². The topological polar surface area (TPSA) is 26.3 Å². The molecule has 2 heteroatoms. The summed E-state index contributed by atoms with van der Waals surface area (Å²) in [5.41, 5.74) is 2.26. The molecule has 1 aromatic carbocycles. The minimum absolute atomic E-state index is 0.00441. The number of fused-ring (bicyclic) bond motifs is 2. The Morgan fingerprint density at radius 1 is 1.32 bits per heavy atom. The monoisotopic (exact) mass is 254 g/mol. The summed E-state index contributed by atoms with van der Waals surface area (Å²) in [5, 5.41) is 0. The first kappa shape index (κ1) is 12.4. The van der Waals surface area contributed by atoms with E-state index in [0.29, 0.717) is 13.2 Å². The van der Waals surface area contributed by atoms with E-state index in [1.165, 1.54) is 5.56 Å². The van der Waals surface area contributed by atoms with Crippen molar-refractivity contribution in [2.24, 2.45) is 11.3 Å². The van der Waals surface area contributed by atoms with E-state index >= 15 is 0 Å². The molecule has 19 heavy (non-hydrogen) atoms. The van der Waals surface area contributed by atoms with Gasteiger partial charge in [-0.25, -0.2) is 0 Å². The number of rotatable bonds is 4. The Morgan fingerprint density at radius 2 is 2.11 bits per heavy atom. The highest BCUT2D eigenvalue weighted by atomic mass is 16.5. The van der Waals surface area contributed by atoms with E-state index in [2.05, 4.69) is 18.7 Å². The predicted molar refractivity (Wildman–Crippen MR) is 74.5 cm³/mol. The van der Waals surface area contributed by atoms with Crippen LogP contribution >= 0.6 is 0 Å². The zero-order valence-corrected chi connectivity index (χ0v) is 11.0. The molecule has 0 amide bonds. The van der Waals surface area contributed by atoms with Crippen LogP contribution in [0.2, 0.25) is 0 Å². The molecule has 0 saturated heterocycles. The summed E-state index contributed by atoms with van der Waals surface area (Å²) in [4.78, 5) is 11.7. The van der Waals surface area contributed by atoms with Gasteiger partial charge in [0.15, 0.2) is 5.78 Å². The number of carbonyl (C=O) groups excluding carboxylic acids is 1. The van der Waals surface area contributed by atoms with E-state index in [9.17, 15) is 4.79 Å². The van der Waals surface area contributed by atoms with Gasteiger partial charge in [-0.1, -0.05) is 48.6 Å². The lowest BCUT2D eigenvalue weighted by Crippen LogP contribution is -2.26. The highest BCUT2D eigenvalue weighted by Gasteiger charge is 2.45. The Labute approximate surface area is 113 Å². The number of carbonyl (C=O) groups is 1. The van der Waals surface area contributed by atoms with Crippen molar-refractivity contribution in [2.75, 3.05) is 6.61 Å². The second-order valence-electron chi connectivity index (χ2n) is 5.67.